The third kappa shape index (κ3) is 3.17. The van der Waals surface area contributed by atoms with Crippen LogP contribution in [0.25, 0.3) is 0 Å². The number of hydrogen-bond acceptors (Lipinski definition) is 3. The van der Waals surface area contributed by atoms with Gasteiger partial charge in [0.25, 0.3) is 0 Å². The largest absolute Gasteiger partial charge is 0.300 e. The van der Waals surface area contributed by atoms with Gasteiger partial charge < -0.3 is 0 Å². The minimum absolute atomic E-state index is 0.111. The fourth-order valence-corrected chi connectivity index (χ4v) is 1.85. The number of Topliss-reactive ketones (excluding diaryl/α,β-unsaturated/α-hetero) is 1. The van der Waals surface area contributed by atoms with Gasteiger partial charge in [0.2, 0.25) is 0 Å². The lowest BCUT2D eigenvalue weighted by Crippen LogP contribution is -2.03. The summed E-state index contributed by atoms with van der Waals surface area (Å²) in [5.74, 6) is 0.111. The fraction of sp³-hybridized carbons (Fsp3) is 0.308. The van der Waals surface area contributed by atoms with E-state index in [0.717, 1.165) is 17.0 Å². The molecule has 18 heavy (non-hydrogen) atoms. The molecule has 0 saturated heterocycles. The number of halogens is 1. The number of ketones is 1. The topological polar surface area (TPSA) is 47.8 Å². The third-order valence-corrected chi connectivity index (χ3v) is 2.93. The summed E-state index contributed by atoms with van der Waals surface area (Å²) in [4.78, 5) is 15.2. The van der Waals surface area contributed by atoms with E-state index in [1.807, 2.05) is 25.3 Å². The predicted octanol–water partition coefficient (Wildman–Crippen LogP) is 2.42. The fourth-order valence-electron chi connectivity index (χ4n) is 1.66. The Bertz CT molecular complexity index is 577. The second kappa shape index (κ2) is 5.31. The smallest absolute Gasteiger partial charge is 0.135 e. The molecule has 0 amide bonds. The minimum Gasteiger partial charge on any atom is -0.300 e. The average molecular weight is 264 g/mol. The van der Waals surface area contributed by atoms with Crippen molar-refractivity contribution in [1.82, 2.24) is 14.8 Å². The molecule has 0 spiro atoms. The van der Waals surface area contributed by atoms with Gasteiger partial charge in [0.1, 0.15) is 5.78 Å². The van der Waals surface area contributed by atoms with E-state index in [-0.39, 0.29) is 5.78 Å². The van der Waals surface area contributed by atoms with E-state index in [4.69, 9.17) is 11.6 Å². The molecule has 0 aliphatic rings. The molecular weight excluding hydrogens is 250 g/mol. The van der Waals surface area contributed by atoms with Crippen LogP contribution in [0.2, 0.25) is 5.02 Å². The molecule has 0 radical (unpaired) electrons. The van der Waals surface area contributed by atoms with Gasteiger partial charge in [0.05, 0.1) is 29.4 Å². The number of carbonyl (C=O) groups excluding carboxylic acids is 1. The van der Waals surface area contributed by atoms with Gasteiger partial charge in [-0.15, -0.1) is 0 Å². The van der Waals surface area contributed by atoms with Crippen LogP contribution in [0.4, 0.5) is 0 Å². The van der Waals surface area contributed by atoms with Crippen LogP contribution in [0.5, 0.6) is 0 Å². The Morgan fingerprint density at radius 3 is 2.94 bits per heavy atom. The Labute approximate surface area is 111 Å². The molecular formula is C13H14ClN3O. The Hall–Kier alpha value is -1.68. The first-order chi connectivity index (χ1) is 8.54. The molecule has 0 unspecified atom stereocenters. The molecule has 0 saturated carbocycles. The zero-order chi connectivity index (χ0) is 13.1. The van der Waals surface area contributed by atoms with E-state index in [9.17, 15) is 4.79 Å². The van der Waals surface area contributed by atoms with Crippen LogP contribution in [-0.4, -0.2) is 20.5 Å². The van der Waals surface area contributed by atoms with Crippen molar-refractivity contribution in [3.63, 3.8) is 0 Å². The highest BCUT2D eigenvalue weighted by atomic mass is 35.5. The number of rotatable bonds is 4. The second-order valence-corrected chi connectivity index (χ2v) is 4.70. The maximum absolute atomic E-state index is 11.0. The molecule has 4 nitrogen and oxygen atoms in total. The van der Waals surface area contributed by atoms with Crippen LogP contribution in [0.3, 0.4) is 0 Å². The second-order valence-electron chi connectivity index (χ2n) is 4.29. The lowest BCUT2D eigenvalue weighted by molar-refractivity contribution is -0.116. The molecule has 0 aliphatic carbocycles. The normalized spacial score (nSPS) is 10.6. The highest BCUT2D eigenvalue weighted by molar-refractivity contribution is 6.31. The van der Waals surface area contributed by atoms with Gasteiger partial charge in [-0.3, -0.25) is 14.5 Å². The molecule has 0 N–H and O–H groups in total. The highest BCUT2D eigenvalue weighted by Gasteiger charge is 2.04. The maximum atomic E-state index is 11.0. The van der Waals surface area contributed by atoms with Crippen molar-refractivity contribution in [3.8, 4) is 0 Å². The summed E-state index contributed by atoms with van der Waals surface area (Å²) < 4.78 is 1.78. The molecule has 2 aromatic heterocycles. The summed E-state index contributed by atoms with van der Waals surface area (Å²) in [7, 11) is 0. The van der Waals surface area contributed by atoms with Gasteiger partial charge in [-0.1, -0.05) is 11.6 Å². The first kappa shape index (κ1) is 12.8. The molecule has 2 rings (SSSR count). The van der Waals surface area contributed by atoms with Gasteiger partial charge >= 0.3 is 0 Å². The SMILES string of the molecule is CC(=O)Cc1ccn(Cc2cnc(C)c(Cl)c2)n1. The number of hydrogen-bond donors (Lipinski definition) is 0. The predicted molar refractivity (Wildman–Crippen MR) is 69.7 cm³/mol. The molecule has 5 heteroatoms. The summed E-state index contributed by atoms with van der Waals surface area (Å²) in [5.41, 5.74) is 2.59. The van der Waals surface area contributed by atoms with Crippen molar-refractivity contribution in [2.75, 3.05) is 0 Å². The summed E-state index contributed by atoms with van der Waals surface area (Å²) in [6, 6.07) is 3.74. The lowest BCUT2D eigenvalue weighted by Gasteiger charge is -2.03. The van der Waals surface area contributed by atoms with Crippen LogP contribution in [-0.2, 0) is 17.8 Å². The Kier molecular flexibility index (Phi) is 3.77. The van der Waals surface area contributed by atoms with Gasteiger partial charge in [0, 0.05) is 12.4 Å². The Morgan fingerprint density at radius 2 is 2.28 bits per heavy atom. The molecule has 94 valence electrons. The maximum Gasteiger partial charge on any atom is 0.135 e. The molecule has 0 fully saturated rings. The summed E-state index contributed by atoms with van der Waals surface area (Å²) >= 11 is 6.02. The van der Waals surface area contributed by atoms with Crippen LogP contribution < -0.4 is 0 Å². The van der Waals surface area contributed by atoms with E-state index in [0.29, 0.717) is 18.0 Å². The zero-order valence-electron chi connectivity index (χ0n) is 10.4. The lowest BCUT2D eigenvalue weighted by atomic mass is 10.2. The van der Waals surface area contributed by atoms with Crippen molar-refractivity contribution in [3.05, 3.63) is 46.5 Å². The van der Waals surface area contributed by atoms with Crippen LogP contribution in [0.1, 0.15) is 23.9 Å². The molecule has 0 atom stereocenters. The van der Waals surface area contributed by atoms with E-state index < -0.39 is 0 Å². The Morgan fingerprint density at radius 1 is 1.50 bits per heavy atom. The van der Waals surface area contributed by atoms with Crippen molar-refractivity contribution >= 4 is 17.4 Å². The molecule has 0 aliphatic heterocycles. The summed E-state index contributed by atoms with van der Waals surface area (Å²) in [5, 5.41) is 4.98. The number of carbonyl (C=O) groups is 1. The van der Waals surface area contributed by atoms with Crippen molar-refractivity contribution in [1.29, 1.82) is 0 Å². The molecule has 2 heterocycles. The zero-order valence-corrected chi connectivity index (χ0v) is 11.1. The number of aromatic nitrogens is 3. The van der Waals surface area contributed by atoms with Gasteiger partial charge in [-0.05, 0) is 31.5 Å². The molecule has 2 aromatic rings. The molecule has 0 aromatic carbocycles. The van der Waals surface area contributed by atoms with Crippen molar-refractivity contribution < 1.29 is 4.79 Å². The number of pyridine rings is 1. The first-order valence-corrected chi connectivity index (χ1v) is 6.05. The van der Waals surface area contributed by atoms with Gasteiger partial charge in [-0.2, -0.15) is 5.10 Å². The number of aryl methyl sites for hydroxylation is 1. The first-order valence-electron chi connectivity index (χ1n) is 5.67. The van der Waals surface area contributed by atoms with Crippen molar-refractivity contribution in [2.24, 2.45) is 0 Å². The summed E-state index contributed by atoms with van der Waals surface area (Å²) in [6.07, 6.45) is 4.01. The van der Waals surface area contributed by atoms with Gasteiger partial charge in [0.15, 0.2) is 0 Å². The summed E-state index contributed by atoms with van der Waals surface area (Å²) in [6.45, 7) is 4.03. The van der Waals surface area contributed by atoms with Gasteiger partial charge in [-0.25, -0.2) is 0 Å². The molecule has 0 bridgehead atoms. The Balaban J connectivity index is 2.11. The monoisotopic (exact) mass is 263 g/mol. The van der Waals surface area contributed by atoms with Crippen LogP contribution in [0.15, 0.2) is 24.5 Å². The average Bonchev–Trinajstić information content (AvgIpc) is 2.70. The minimum atomic E-state index is 0.111. The van der Waals surface area contributed by atoms with Crippen molar-refractivity contribution in [2.45, 2.75) is 26.8 Å². The quantitative estimate of drug-likeness (QED) is 0.851. The highest BCUT2D eigenvalue weighted by Crippen LogP contribution is 2.14. The van der Waals surface area contributed by atoms with E-state index in [1.54, 1.807) is 17.8 Å². The van der Waals surface area contributed by atoms with E-state index in [1.165, 1.54) is 0 Å². The third-order valence-electron chi connectivity index (χ3n) is 2.55. The van der Waals surface area contributed by atoms with E-state index in [2.05, 4.69) is 10.1 Å². The number of nitrogens with zero attached hydrogens (tertiary/aromatic N) is 3. The van der Waals surface area contributed by atoms with Crippen LogP contribution in [0, 0.1) is 6.92 Å². The van der Waals surface area contributed by atoms with Crippen LogP contribution >= 0.6 is 11.6 Å². The standard InChI is InChI=1S/C13H14ClN3O/c1-9(18)5-12-3-4-17(16-12)8-11-6-13(14)10(2)15-7-11/h3-4,6-7H,5,8H2,1-2H3. The van der Waals surface area contributed by atoms with E-state index >= 15 is 0 Å².